The average Bonchev–Trinajstić information content (AvgIpc) is 2.54. The summed E-state index contributed by atoms with van der Waals surface area (Å²) in [6.45, 7) is 5.40. The van der Waals surface area contributed by atoms with Gasteiger partial charge in [-0.1, -0.05) is 44.2 Å². The Balaban J connectivity index is 2.16. The second kappa shape index (κ2) is 6.92. The minimum Gasteiger partial charge on any atom is -0.496 e. The monoisotopic (exact) mass is 287 g/mol. The third kappa shape index (κ3) is 3.55. The van der Waals surface area contributed by atoms with E-state index >= 15 is 0 Å². The van der Waals surface area contributed by atoms with Gasteiger partial charge in [-0.2, -0.15) is 0 Å². The molecule has 0 spiro atoms. The molecule has 0 heterocycles. The van der Waals surface area contributed by atoms with Crippen molar-refractivity contribution in [3.8, 4) is 5.75 Å². The number of rotatable bonds is 7. The number of nitrogens with one attached hydrogen (secondary N) is 1. The zero-order valence-corrected chi connectivity index (χ0v) is 13.1. The molecular weight excluding hydrogens is 262 g/mol. The molecule has 0 aliphatic heterocycles. The summed E-state index contributed by atoms with van der Waals surface area (Å²) < 4.78 is 5.42. The second-order valence-corrected chi connectivity index (χ2v) is 5.51. The summed E-state index contributed by atoms with van der Waals surface area (Å²) in [5.41, 5.74) is 0.614. The maximum absolute atomic E-state index is 10.3. The van der Waals surface area contributed by atoms with Crippen LogP contribution in [0.25, 0.3) is 10.8 Å². The lowest BCUT2D eigenvalue weighted by Crippen LogP contribution is -2.39. The first-order valence-corrected chi connectivity index (χ1v) is 7.61. The van der Waals surface area contributed by atoms with Gasteiger partial charge in [0.25, 0.3) is 0 Å². The number of hydrogen-bond donors (Lipinski definition) is 2. The van der Waals surface area contributed by atoms with Crippen molar-refractivity contribution in [3.05, 3.63) is 42.0 Å². The summed E-state index contributed by atoms with van der Waals surface area (Å²) in [4.78, 5) is 0. The molecule has 0 saturated heterocycles. The molecule has 0 aromatic heterocycles. The van der Waals surface area contributed by atoms with Crippen molar-refractivity contribution in [2.24, 2.45) is 0 Å². The van der Waals surface area contributed by atoms with Crippen molar-refractivity contribution in [1.29, 1.82) is 0 Å². The second-order valence-electron chi connectivity index (χ2n) is 5.51. The van der Waals surface area contributed by atoms with Crippen molar-refractivity contribution in [2.45, 2.75) is 38.8 Å². The molecule has 2 aromatic rings. The first kappa shape index (κ1) is 15.8. The summed E-state index contributed by atoms with van der Waals surface area (Å²) in [5.74, 6) is 0.896. The minimum absolute atomic E-state index is 0.609. The molecule has 0 atom stereocenters. The third-order valence-corrected chi connectivity index (χ3v) is 4.28. The van der Waals surface area contributed by atoms with Crippen LogP contribution >= 0.6 is 0 Å². The van der Waals surface area contributed by atoms with E-state index in [2.05, 4.69) is 23.5 Å². The highest BCUT2D eigenvalue weighted by atomic mass is 16.5. The van der Waals surface area contributed by atoms with Crippen LogP contribution in [0.15, 0.2) is 36.4 Å². The number of methoxy groups -OCH3 is 1. The summed E-state index contributed by atoms with van der Waals surface area (Å²) >= 11 is 0. The standard InChI is InChI=1S/C18H25NO2/c1-4-18(20,5-2)13-19-12-14-10-11-17(21-3)16-9-7-6-8-15(14)16/h6-11,19-20H,4-5,12-13H2,1-3H3. The fourth-order valence-electron chi connectivity index (χ4n) is 2.60. The molecule has 0 unspecified atom stereocenters. The Morgan fingerprint density at radius 1 is 1.05 bits per heavy atom. The van der Waals surface area contributed by atoms with E-state index in [9.17, 15) is 5.11 Å². The Hall–Kier alpha value is -1.58. The van der Waals surface area contributed by atoms with Crippen LogP contribution in [0, 0.1) is 0 Å². The van der Waals surface area contributed by atoms with Gasteiger partial charge in [0.15, 0.2) is 0 Å². The number of aliphatic hydroxyl groups is 1. The largest absolute Gasteiger partial charge is 0.496 e. The molecule has 3 nitrogen and oxygen atoms in total. The van der Waals surface area contributed by atoms with Crippen molar-refractivity contribution < 1.29 is 9.84 Å². The van der Waals surface area contributed by atoms with E-state index in [0.29, 0.717) is 6.54 Å². The maximum Gasteiger partial charge on any atom is 0.126 e. The molecule has 3 heteroatoms. The highest BCUT2D eigenvalue weighted by Crippen LogP contribution is 2.28. The Morgan fingerprint density at radius 3 is 2.33 bits per heavy atom. The van der Waals surface area contributed by atoms with Gasteiger partial charge in [-0.15, -0.1) is 0 Å². The molecule has 114 valence electrons. The van der Waals surface area contributed by atoms with Crippen LogP contribution in [0.4, 0.5) is 0 Å². The van der Waals surface area contributed by atoms with Crippen LogP contribution in [0.2, 0.25) is 0 Å². The molecule has 2 aromatic carbocycles. The average molecular weight is 287 g/mol. The molecule has 0 amide bonds. The van der Waals surface area contributed by atoms with Gasteiger partial charge in [0.2, 0.25) is 0 Å². The lowest BCUT2D eigenvalue weighted by Gasteiger charge is -2.25. The molecule has 21 heavy (non-hydrogen) atoms. The maximum atomic E-state index is 10.3. The van der Waals surface area contributed by atoms with E-state index < -0.39 is 5.60 Å². The van der Waals surface area contributed by atoms with Crippen LogP contribution in [-0.4, -0.2) is 24.4 Å². The summed E-state index contributed by atoms with van der Waals surface area (Å²) in [7, 11) is 1.70. The zero-order chi connectivity index (χ0) is 15.3. The van der Waals surface area contributed by atoms with Crippen LogP contribution < -0.4 is 10.1 Å². The number of fused-ring (bicyclic) bond motifs is 1. The fourth-order valence-corrected chi connectivity index (χ4v) is 2.60. The number of ether oxygens (including phenoxy) is 1. The van der Waals surface area contributed by atoms with Crippen molar-refractivity contribution in [1.82, 2.24) is 5.32 Å². The summed E-state index contributed by atoms with van der Waals surface area (Å²) in [6, 6.07) is 12.3. The normalized spacial score (nSPS) is 11.8. The Labute approximate surface area is 126 Å². The zero-order valence-electron chi connectivity index (χ0n) is 13.1. The summed E-state index contributed by atoms with van der Waals surface area (Å²) in [5, 5.41) is 16.0. The van der Waals surface area contributed by atoms with Gasteiger partial charge in [0.05, 0.1) is 12.7 Å². The number of hydrogen-bond acceptors (Lipinski definition) is 3. The van der Waals surface area contributed by atoms with Gasteiger partial charge in [0.1, 0.15) is 5.75 Å². The lowest BCUT2D eigenvalue weighted by molar-refractivity contribution is 0.0323. The molecular formula is C18H25NO2. The van der Waals surface area contributed by atoms with Gasteiger partial charge in [0, 0.05) is 18.5 Å². The van der Waals surface area contributed by atoms with E-state index in [4.69, 9.17) is 4.74 Å². The molecule has 0 aliphatic carbocycles. The van der Waals surface area contributed by atoms with E-state index in [-0.39, 0.29) is 0 Å². The minimum atomic E-state index is -0.609. The molecule has 0 saturated carbocycles. The van der Waals surface area contributed by atoms with Crippen molar-refractivity contribution in [3.63, 3.8) is 0 Å². The Bertz CT molecular complexity index is 591. The van der Waals surface area contributed by atoms with Crippen LogP contribution in [0.3, 0.4) is 0 Å². The highest BCUT2D eigenvalue weighted by molar-refractivity contribution is 5.91. The topological polar surface area (TPSA) is 41.5 Å². The fraction of sp³-hybridized carbons (Fsp3) is 0.444. The predicted octanol–water partition coefficient (Wildman–Crippen LogP) is 3.49. The quantitative estimate of drug-likeness (QED) is 0.819. The third-order valence-electron chi connectivity index (χ3n) is 4.28. The van der Waals surface area contributed by atoms with Crippen LogP contribution in [0.5, 0.6) is 5.75 Å². The highest BCUT2D eigenvalue weighted by Gasteiger charge is 2.21. The van der Waals surface area contributed by atoms with E-state index in [0.717, 1.165) is 30.5 Å². The van der Waals surface area contributed by atoms with Gasteiger partial charge >= 0.3 is 0 Å². The molecule has 0 radical (unpaired) electrons. The van der Waals surface area contributed by atoms with E-state index in [1.807, 2.05) is 32.0 Å². The molecule has 0 aliphatic rings. The molecule has 2 N–H and O–H groups in total. The first-order chi connectivity index (χ1) is 10.1. The SMILES string of the molecule is CCC(O)(CC)CNCc1ccc(OC)c2ccccc12. The van der Waals surface area contributed by atoms with Crippen molar-refractivity contribution >= 4 is 10.8 Å². The van der Waals surface area contributed by atoms with E-state index in [1.165, 1.54) is 10.9 Å². The predicted molar refractivity (Wildman–Crippen MR) is 87.7 cm³/mol. The van der Waals surface area contributed by atoms with Gasteiger partial charge < -0.3 is 15.2 Å². The Morgan fingerprint density at radius 2 is 1.71 bits per heavy atom. The lowest BCUT2D eigenvalue weighted by atomic mass is 9.97. The van der Waals surface area contributed by atoms with Gasteiger partial charge in [-0.3, -0.25) is 0 Å². The van der Waals surface area contributed by atoms with Crippen LogP contribution in [0.1, 0.15) is 32.3 Å². The Kier molecular flexibility index (Phi) is 5.21. The molecule has 2 rings (SSSR count). The van der Waals surface area contributed by atoms with Crippen molar-refractivity contribution in [2.75, 3.05) is 13.7 Å². The molecule has 0 fully saturated rings. The number of benzene rings is 2. The van der Waals surface area contributed by atoms with Gasteiger partial charge in [-0.05, 0) is 29.9 Å². The van der Waals surface area contributed by atoms with E-state index in [1.54, 1.807) is 7.11 Å². The van der Waals surface area contributed by atoms with Crippen LogP contribution in [-0.2, 0) is 6.54 Å². The molecule has 0 bridgehead atoms. The first-order valence-electron chi connectivity index (χ1n) is 7.61. The summed E-state index contributed by atoms with van der Waals surface area (Å²) in [6.07, 6.45) is 1.53. The van der Waals surface area contributed by atoms with Gasteiger partial charge in [-0.25, -0.2) is 0 Å². The smallest absolute Gasteiger partial charge is 0.126 e.